The molecular formula is C25H31N5O5S. The summed E-state index contributed by atoms with van der Waals surface area (Å²) in [7, 11) is -0.172. The van der Waals surface area contributed by atoms with Gasteiger partial charge in [-0.2, -0.15) is 4.31 Å². The first-order valence-electron chi connectivity index (χ1n) is 12.0. The van der Waals surface area contributed by atoms with Gasteiger partial charge in [-0.1, -0.05) is 19.4 Å². The summed E-state index contributed by atoms with van der Waals surface area (Å²) in [4.78, 5) is 46.7. The number of ketones is 1. The van der Waals surface area contributed by atoms with Gasteiger partial charge in [0.05, 0.1) is 12.6 Å². The Kier molecular flexibility index (Phi) is 7.41. The molecule has 0 bridgehead atoms. The average Bonchev–Trinajstić information content (AvgIpc) is 3.45. The second kappa shape index (κ2) is 10.4. The molecule has 0 aliphatic carbocycles. The van der Waals surface area contributed by atoms with E-state index in [4.69, 9.17) is 0 Å². The minimum Gasteiger partial charge on any atom is -0.378 e. The van der Waals surface area contributed by atoms with E-state index in [2.05, 4.69) is 10.3 Å². The Labute approximate surface area is 211 Å². The number of nitrogens with zero attached hydrogens (tertiary/aromatic N) is 4. The number of anilines is 1. The number of rotatable bonds is 8. The predicted molar refractivity (Wildman–Crippen MR) is 134 cm³/mol. The number of likely N-dealkylation sites (tertiary alicyclic amines) is 1. The molecule has 2 amide bonds. The fraction of sp³-hybridized carbons (Fsp3) is 0.440. The molecule has 2 aliphatic rings. The maximum absolute atomic E-state index is 13.5. The van der Waals surface area contributed by atoms with Crippen LogP contribution in [0.1, 0.15) is 36.5 Å². The number of pyridine rings is 1. The van der Waals surface area contributed by atoms with Crippen molar-refractivity contribution >= 4 is 33.3 Å². The summed E-state index contributed by atoms with van der Waals surface area (Å²) in [5, 5.41) is 2.70. The van der Waals surface area contributed by atoms with Crippen LogP contribution < -0.4 is 10.2 Å². The molecule has 1 aromatic heterocycles. The molecule has 1 aromatic carbocycles. The van der Waals surface area contributed by atoms with E-state index in [9.17, 15) is 22.8 Å². The Hall–Kier alpha value is -3.31. The van der Waals surface area contributed by atoms with Crippen LogP contribution in [-0.4, -0.2) is 85.5 Å². The zero-order valence-electron chi connectivity index (χ0n) is 20.6. The summed E-state index contributed by atoms with van der Waals surface area (Å²) in [6, 6.07) is 9.30. The Bertz CT molecular complexity index is 1230. The fourth-order valence-corrected chi connectivity index (χ4v) is 6.42. The van der Waals surface area contributed by atoms with Crippen LogP contribution in [0.25, 0.3) is 0 Å². The molecule has 3 atom stereocenters. The van der Waals surface area contributed by atoms with Crippen LogP contribution in [0.15, 0.2) is 53.7 Å². The first-order valence-corrected chi connectivity index (χ1v) is 13.4. The highest BCUT2D eigenvalue weighted by molar-refractivity contribution is 7.89. The number of carbonyl (C=O) groups is 3. The molecule has 0 spiro atoms. The summed E-state index contributed by atoms with van der Waals surface area (Å²) >= 11 is 0. The highest BCUT2D eigenvalue weighted by Crippen LogP contribution is 2.34. The van der Waals surface area contributed by atoms with Crippen molar-refractivity contribution in [3.8, 4) is 0 Å². The van der Waals surface area contributed by atoms with Gasteiger partial charge in [-0.3, -0.25) is 14.4 Å². The zero-order valence-corrected chi connectivity index (χ0v) is 21.4. The predicted octanol–water partition coefficient (Wildman–Crippen LogP) is 1.29. The van der Waals surface area contributed by atoms with E-state index in [1.54, 1.807) is 24.3 Å². The van der Waals surface area contributed by atoms with Crippen LogP contribution in [0, 0.1) is 0 Å². The molecule has 0 saturated carbocycles. The standard InChI is InChI=1S/C25H31N5O5S/c1-4-7-19(27-24(32)17-9-11-18(12-10-17)28(2)3)25(33)29-15-13-20-23(29)21(31)16-30(20)36(34,35)22-8-5-6-14-26-22/h5-6,8-12,14,19-20,23H,4,7,13,15-16H2,1-3H3,(H,27,32). The van der Waals surface area contributed by atoms with Gasteiger partial charge in [-0.15, -0.1) is 0 Å². The number of sulfonamides is 1. The number of nitrogens with one attached hydrogen (secondary N) is 1. The Morgan fingerprint density at radius 1 is 1.17 bits per heavy atom. The van der Waals surface area contributed by atoms with E-state index in [0.717, 1.165) is 9.99 Å². The maximum atomic E-state index is 13.5. The van der Waals surface area contributed by atoms with Crippen molar-refractivity contribution in [1.82, 2.24) is 19.5 Å². The van der Waals surface area contributed by atoms with Gasteiger partial charge in [0.25, 0.3) is 15.9 Å². The number of fused-ring (bicyclic) bond motifs is 1. The molecule has 192 valence electrons. The second-order valence-electron chi connectivity index (χ2n) is 9.27. The molecule has 0 radical (unpaired) electrons. The molecule has 3 heterocycles. The molecule has 10 nitrogen and oxygen atoms in total. The third-order valence-corrected chi connectivity index (χ3v) is 8.49. The van der Waals surface area contributed by atoms with E-state index in [-0.39, 0.29) is 35.7 Å². The molecule has 2 aromatic rings. The van der Waals surface area contributed by atoms with Crippen molar-refractivity contribution in [3.05, 3.63) is 54.2 Å². The van der Waals surface area contributed by atoms with Crippen molar-refractivity contribution in [2.75, 3.05) is 32.1 Å². The Morgan fingerprint density at radius 3 is 2.50 bits per heavy atom. The molecular weight excluding hydrogens is 482 g/mol. The van der Waals surface area contributed by atoms with E-state index >= 15 is 0 Å². The quantitative estimate of drug-likeness (QED) is 0.565. The van der Waals surface area contributed by atoms with E-state index in [1.807, 2.05) is 38.1 Å². The van der Waals surface area contributed by atoms with Crippen LogP contribution >= 0.6 is 0 Å². The van der Waals surface area contributed by atoms with Gasteiger partial charge < -0.3 is 15.1 Å². The summed E-state index contributed by atoms with van der Waals surface area (Å²) in [5.41, 5.74) is 1.37. The minimum atomic E-state index is -3.98. The van der Waals surface area contributed by atoms with Crippen LogP contribution in [0.2, 0.25) is 0 Å². The number of benzene rings is 1. The first kappa shape index (κ1) is 25.8. The van der Waals surface area contributed by atoms with Crippen molar-refractivity contribution < 1.29 is 22.8 Å². The molecule has 2 saturated heterocycles. The van der Waals surface area contributed by atoms with E-state index in [0.29, 0.717) is 24.8 Å². The summed E-state index contributed by atoms with van der Waals surface area (Å²) in [6.45, 7) is 1.84. The summed E-state index contributed by atoms with van der Waals surface area (Å²) < 4.78 is 27.5. The van der Waals surface area contributed by atoms with Crippen molar-refractivity contribution in [1.29, 1.82) is 0 Å². The van der Waals surface area contributed by atoms with E-state index < -0.39 is 28.1 Å². The monoisotopic (exact) mass is 513 g/mol. The van der Waals surface area contributed by atoms with Crippen LogP contribution in [0.3, 0.4) is 0 Å². The molecule has 4 rings (SSSR count). The maximum Gasteiger partial charge on any atom is 0.261 e. The lowest BCUT2D eigenvalue weighted by atomic mass is 10.1. The highest BCUT2D eigenvalue weighted by atomic mass is 32.2. The van der Waals surface area contributed by atoms with Crippen molar-refractivity contribution in [2.24, 2.45) is 0 Å². The van der Waals surface area contributed by atoms with Crippen LogP contribution in [0.5, 0.6) is 0 Å². The third kappa shape index (κ3) is 4.85. The second-order valence-corrected chi connectivity index (χ2v) is 11.1. The van der Waals surface area contributed by atoms with Gasteiger partial charge in [0, 0.05) is 38.1 Å². The fourth-order valence-electron chi connectivity index (χ4n) is 4.86. The first-order chi connectivity index (χ1) is 17.1. The number of carbonyl (C=O) groups excluding carboxylic acids is 3. The molecule has 1 N–H and O–H groups in total. The van der Waals surface area contributed by atoms with Gasteiger partial charge in [0.1, 0.15) is 12.1 Å². The molecule has 36 heavy (non-hydrogen) atoms. The summed E-state index contributed by atoms with van der Waals surface area (Å²) in [5.74, 6) is -1.07. The number of hydrogen-bond acceptors (Lipinski definition) is 7. The SMILES string of the molecule is CCCC(NC(=O)c1ccc(N(C)C)cc1)C(=O)N1CCC2C1C(=O)CN2S(=O)(=O)c1ccccn1. The normalized spacial score (nSPS) is 20.8. The zero-order chi connectivity index (χ0) is 26.0. The number of Topliss-reactive ketones (excluding diaryl/α,β-unsaturated/α-hetero) is 1. The van der Waals surface area contributed by atoms with E-state index in [1.165, 1.54) is 17.2 Å². The average molecular weight is 514 g/mol. The van der Waals surface area contributed by atoms with Crippen LogP contribution in [-0.2, 0) is 19.6 Å². The smallest absolute Gasteiger partial charge is 0.261 e. The molecule has 3 unspecified atom stereocenters. The largest absolute Gasteiger partial charge is 0.378 e. The van der Waals surface area contributed by atoms with Gasteiger partial charge in [-0.05, 0) is 49.2 Å². The van der Waals surface area contributed by atoms with Crippen molar-refractivity contribution in [2.45, 2.75) is 49.3 Å². The lowest BCUT2D eigenvalue weighted by molar-refractivity contribution is -0.138. The minimum absolute atomic E-state index is 0.125. The molecule has 2 aliphatic heterocycles. The number of aromatic nitrogens is 1. The van der Waals surface area contributed by atoms with Crippen LogP contribution in [0.4, 0.5) is 5.69 Å². The summed E-state index contributed by atoms with van der Waals surface area (Å²) in [6.07, 6.45) is 2.77. The highest BCUT2D eigenvalue weighted by Gasteiger charge is 2.54. The van der Waals surface area contributed by atoms with Gasteiger partial charge in [0.2, 0.25) is 5.91 Å². The van der Waals surface area contributed by atoms with Gasteiger partial charge in [0.15, 0.2) is 10.8 Å². The number of hydrogen-bond donors (Lipinski definition) is 1. The lowest BCUT2D eigenvalue weighted by Gasteiger charge is -2.28. The third-order valence-electron chi connectivity index (χ3n) is 6.70. The Morgan fingerprint density at radius 2 is 1.89 bits per heavy atom. The Balaban J connectivity index is 1.51. The molecule has 11 heteroatoms. The topological polar surface area (TPSA) is 120 Å². The van der Waals surface area contributed by atoms with Crippen molar-refractivity contribution in [3.63, 3.8) is 0 Å². The number of amides is 2. The molecule has 2 fully saturated rings. The lowest BCUT2D eigenvalue weighted by Crippen LogP contribution is -2.52. The van der Waals surface area contributed by atoms with Gasteiger partial charge >= 0.3 is 0 Å². The van der Waals surface area contributed by atoms with Gasteiger partial charge in [-0.25, -0.2) is 13.4 Å².